The minimum atomic E-state index is -0.329. The molecule has 1 aliphatic heterocycles. The molecule has 1 saturated heterocycles. The molecule has 2 unspecified atom stereocenters. The molecule has 2 atom stereocenters. The zero-order valence-corrected chi connectivity index (χ0v) is 9.70. The lowest BCUT2D eigenvalue weighted by molar-refractivity contribution is 0.0513. The van der Waals surface area contributed by atoms with Gasteiger partial charge < -0.3 is 20.1 Å². The largest absolute Gasteiger partial charge is 0.389 e. The van der Waals surface area contributed by atoms with Crippen molar-refractivity contribution in [1.82, 2.24) is 10.2 Å². The molecule has 4 nitrogen and oxygen atoms in total. The van der Waals surface area contributed by atoms with Gasteiger partial charge in [-0.2, -0.15) is 0 Å². The quantitative estimate of drug-likeness (QED) is 0.681. The van der Waals surface area contributed by atoms with E-state index in [0.717, 1.165) is 6.54 Å². The second-order valence-electron chi connectivity index (χ2n) is 5.06. The highest BCUT2D eigenvalue weighted by Crippen LogP contribution is 2.35. The van der Waals surface area contributed by atoms with Crippen LogP contribution in [0.1, 0.15) is 19.3 Å². The van der Waals surface area contributed by atoms with E-state index in [-0.39, 0.29) is 12.1 Å². The van der Waals surface area contributed by atoms with E-state index >= 15 is 0 Å². The third-order valence-electron chi connectivity index (χ3n) is 3.98. The van der Waals surface area contributed by atoms with Gasteiger partial charge in [-0.1, -0.05) is 0 Å². The minimum Gasteiger partial charge on any atom is -0.389 e. The van der Waals surface area contributed by atoms with Crippen LogP contribution in [-0.4, -0.2) is 61.5 Å². The van der Waals surface area contributed by atoms with Gasteiger partial charge in [-0.15, -0.1) is 0 Å². The molecular weight excluding hydrogens is 192 g/mol. The highest BCUT2D eigenvalue weighted by atomic mass is 16.5. The van der Waals surface area contributed by atoms with Crippen LogP contribution in [0.5, 0.6) is 0 Å². The Labute approximate surface area is 91.6 Å². The first-order chi connectivity index (χ1) is 7.14. The SMILES string of the molecule is CN(C)C1(CNC2COCC2O)CCC1. The summed E-state index contributed by atoms with van der Waals surface area (Å²) in [7, 11) is 4.28. The second-order valence-corrected chi connectivity index (χ2v) is 5.06. The molecule has 15 heavy (non-hydrogen) atoms. The van der Waals surface area contributed by atoms with Crippen LogP contribution in [0.2, 0.25) is 0 Å². The van der Waals surface area contributed by atoms with Crippen LogP contribution >= 0.6 is 0 Å². The summed E-state index contributed by atoms with van der Waals surface area (Å²) in [6.45, 7) is 2.09. The number of ether oxygens (including phenoxy) is 1. The molecule has 0 bridgehead atoms. The van der Waals surface area contributed by atoms with Crippen molar-refractivity contribution in [1.29, 1.82) is 0 Å². The fraction of sp³-hybridized carbons (Fsp3) is 1.00. The maximum atomic E-state index is 9.61. The van der Waals surface area contributed by atoms with E-state index in [1.54, 1.807) is 0 Å². The Hall–Kier alpha value is -0.160. The van der Waals surface area contributed by atoms with Crippen LogP contribution in [0.3, 0.4) is 0 Å². The van der Waals surface area contributed by atoms with Crippen molar-refractivity contribution in [3.63, 3.8) is 0 Å². The topological polar surface area (TPSA) is 44.7 Å². The third kappa shape index (κ3) is 2.18. The summed E-state index contributed by atoms with van der Waals surface area (Å²) in [4.78, 5) is 2.31. The average Bonchev–Trinajstić information content (AvgIpc) is 2.49. The van der Waals surface area contributed by atoms with Crippen LogP contribution in [-0.2, 0) is 4.74 Å². The van der Waals surface area contributed by atoms with Gasteiger partial charge in [-0.25, -0.2) is 0 Å². The Morgan fingerprint density at radius 2 is 2.13 bits per heavy atom. The standard InChI is InChI=1S/C11H22N2O2/c1-13(2)11(4-3-5-11)8-12-9-6-15-7-10(9)14/h9-10,12,14H,3-8H2,1-2H3. The molecule has 2 aliphatic rings. The highest BCUT2D eigenvalue weighted by Gasteiger charge is 2.40. The third-order valence-corrected chi connectivity index (χ3v) is 3.98. The maximum Gasteiger partial charge on any atom is 0.0948 e. The summed E-state index contributed by atoms with van der Waals surface area (Å²) < 4.78 is 5.22. The van der Waals surface area contributed by atoms with E-state index in [9.17, 15) is 5.11 Å². The monoisotopic (exact) mass is 214 g/mol. The van der Waals surface area contributed by atoms with Crippen molar-refractivity contribution in [3.8, 4) is 0 Å². The molecular formula is C11H22N2O2. The molecule has 0 amide bonds. The summed E-state index contributed by atoms with van der Waals surface area (Å²) in [6.07, 6.45) is 3.51. The average molecular weight is 214 g/mol. The number of nitrogens with zero attached hydrogens (tertiary/aromatic N) is 1. The van der Waals surface area contributed by atoms with Gasteiger partial charge in [0.2, 0.25) is 0 Å². The van der Waals surface area contributed by atoms with Gasteiger partial charge in [0.15, 0.2) is 0 Å². The zero-order valence-electron chi connectivity index (χ0n) is 9.70. The molecule has 4 heteroatoms. The first-order valence-corrected chi connectivity index (χ1v) is 5.81. The van der Waals surface area contributed by atoms with Gasteiger partial charge in [0.1, 0.15) is 0 Å². The van der Waals surface area contributed by atoms with Crippen molar-refractivity contribution in [2.75, 3.05) is 33.9 Å². The smallest absolute Gasteiger partial charge is 0.0948 e. The Balaban J connectivity index is 1.81. The van der Waals surface area contributed by atoms with Crippen molar-refractivity contribution in [2.45, 2.75) is 36.9 Å². The molecule has 1 aliphatic carbocycles. The van der Waals surface area contributed by atoms with Crippen LogP contribution in [0.4, 0.5) is 0 Å². The van der Waals surface area contributed by atoms with Gasteiger partial charge in [0.25, 0.3) is 0 Å². The first kappa shape index (κ1) is 11.3. The highest BCUT2D eigenvalue weighted by molar-refractivity contribution is 4.99. The van der Waals surface area contributed by atoms with Gasteiger partial charge >= 0.3 is 0 Å². The Morgan fingerprint density at radius 3 is 2.53 bits per heavy atom. The van der Waals surface area contributed by atoms with E-state index in [1.807, 2.05) is 0 Å². The fourth-order valence-corrected chi connectivity index (χ4v) is 2.43. The van der Waals surface area contributed by atoms with Crippen molar-refractivity contribution < 1.29 is 9.84 Å². The molecule has 2 rings (SSSR count). The summed E-state index contributed by atoms with van der Waals surface area (Å²) >= 11 is 0. The van der Waals surface area contributed by atoms with Crippen LogP contribution in [0.15, 0.2) is 0 Å². The van der Waals surface area contributed by atoms with Gasteiger partial charge in [-0.05, 0) is 33.4 Å². The Kier molecular flexibility index (Phi) is 3.30. The van der Waals surface area contributed by atoms with E-state index in [2.05, 4.69) is 24.3 Å². The number of likely N-dealkylation sites (N-methyl/N-ethyl adjacent to an activating group) is 1. The number of hydrogen-bond acceptors (Lipinski definition) is 4. The maximum absolute atomic E-state index is 9.61. The molecule has 1 heterocycles. The second kappa shape index (κ2) is 4.37. The van der Waals surface area contributed by atoms with Gasteiger partial charge in [0.05, 0.1) is 25.4 Å². The fourth-order valence-electron chi connectivity index (χ4n) is 2.43. The normalized spacial score (nSPS) is 34.4. The molecule has 0 radical (unpaired) electrons. The van der Waals surface area contributed by atoms with Crippen molar-refractivity contribution in [2.24, 2.45) is 0 Å². The minimum absolute atomic E-state index is 0.127. The van der Waals surface area contributed by atoms with Gasteiger partial charge in [0, 0.05) is 12.1 Å². The zero-order chi connectivity index (χ0) is 10.9. The first-order valence-electron chi connectivity index (χ1n) is 5.81. The van der Waals surface area contributed by atoms with E-state index in [1.165, 1.54) is 19.3 Å². The lowest BCUT2D eigenvalue weighted by Crippen LogP contribution is -2.58. The predicted molar refractivity (Wildman–Crippen MR) is 58.9 cm³/mol. The summed E-state index contributed by atoms with van der Waals surface area (Å²) in [5.41, 5.74) is 0.322. The number of rotatable bonds is 4. The molecule has 2 fully saturated rings. The number of nitrogens with one attached hydrogen (secondary N) is 1. The molecule has 0 spiro atoms. The lowest BCUT2D eigenvalue weighted by Gasteiger charge is -2.48. The molecule has 1 saturated carbocycles. The van der Waals surface area contributed by atoms with Crippen molar-refractivity contribution >= 4 is 0 Å². The van der Waals surface area contributed by atoms with E-state index in [0.29, 0.717) is 18.8 Å². The van der Waals surface area contributed by atoms with E-state index in [4.69, 9.17) is 4.74 Å². The van der Waals surface area contributed by atoms with Crippen LogP contribution in [0.25, 0.3) is 0 Å². The number of hydrogen-bond donors (Lipinski definition) is 2. The summed E-state index contributed by atoms with van der Waals surface area (Å²) in [5.74, 6) is 0. The van der Waals surface area contributed by atoms with Crippen LogP contribution < -0.4 is 5.32 Å². The molecule has 0 aromatic carbocycles. The molecule has 88 valence electrons. The summed E-state index contributed by atoms with van der Waals surface area (Å²) in [6, 6.07) is 0.127. The molecule has 2 N–H and O–H groups in total. The van der Waals surface area contributed by atoms with Crippen LogP contribution in [0, 0.1) is 0 Å². The summed E-state index contributed by atoms with van der Waals surface area (Å²) in [5, 5.41) is 13.1. The van der Waals surface area contributed by atoms with Gasteiger partial charge in [-0.3, -0.25) is 0 Å². The number of aliphatic hydroxyl groups excluding tert-OH is 1. The Bertz CT molecular complexity index is 217. The Morgan fingerprint density at radius 1 is 1.40 bits per heavy atom. The predicted octanol–water partition coefficient (Wildman–Crippen LogP) is -0.180. The van der Waals surface area contributed by atoms with E-state index < -0.39 is 0 Å². The lowest BCUT2D eigenvalue weighted by atomic mass is 9.75. The molecule has 0 aromatic heterocycles. The van der Waals surface area contributed by atoms with Crippen molar-refractivity contribution in [3.05, 3.63) is 0 Å². The number of aliphatic hydroxyl groups is 1. The molecule has 0 aromatic rings.